The molecular weight excluding hydrogens is 242 g/mol. The Kier molecular flexibility index (Phi) is 4.65. The molecule has 0 fully saturated rings. The minimum atomic E-state index is -3.55. The first kappa shape index (κ1) is 13.7. The van der Waals surface area contributed by atoms with E-state index in [1.807, 2.05) is 0 Å². The first-order chi connectivity index (χ1) is 7.92. The quantitative estimate of drug-likeness (QED) is 0.802. The van der Waals surface area contributed by atoms with Gasteiger partial charge in [-0.15, -0.1) is 0 Å². The van der Waals surface area contributed by atoms with Crippen molar-refractivity contribution >= 4 is 16.0 Å². The number of benzene rings is 1. The molecule has 0 spiro atoms. The van der Waals surface area contributed by atoms with Gasteiger partial charge in [-0.3, -0.25) is 4.79 Å². The van der Waals surface area contributed by atoms with Crippen LogP contribution in [-0.4, -0.2) is 25.5 Å². The molecule has 2 N–H and O–H groups in total. The van der Waals surface area contributed by atoms with Gasteiger partial charge in [0.05, 0.1) is 4.90 Å². The molecule has 1 aromatic carbocycles. The van der Waals surface area contributed by atoms with E-state index in [-0.39, 0.29) is 17.7 Å². The van der Waals surface area contributed by atoms with Crippen molar-refractivity contribution in [2.45, 2.75) is 30.7 Å². The lowest BCUT2D eigenvalue weighted by atomic mass is 10.2. The fraction of sp³-hybridized carbons (Fsp3) is 0.364. The topological polar surface area (TPSA) is 83.5 Å². The van der Waals surface area contributed by atoms with Crippen LogP contribution < -0.4 is 4.72 Å². The lowest BCUT2D eigenvalue weighted by molar-refractivity contribution is -0.137. The summed E-state index contributed by atoms with van der Waals surface area (Å²) in [5, 5.41) is 8.50. The van der Waals surface area contributed by atoms with Crippen LogP contribution in [0.5, 0.6) is 0 Å². The van der Waals surface area contributed by atoms with Gasteiger partial charge in [0.2, 0.25) is 10.0 Å². The van der Waals surface area contributed by atoms with Crippen LogP contribution in [0, 0.1) is 0 Å². The molecule has 0 aliphatic rings. The van der Waals surface area contributed by atoms with Gasteiger partial charge in [-0.2, -0.15) is 0 Å². The Labute approximate surface area is 101 Å². The van der Waals surface area contributed by atoms with Gasteiger partial charge in [-0.1, -0.05) is 18.2 Å². The van der Waals surface area contributed by atoms with Crippen LogP contribution in [0.4, 0.5) is 0 Å². The normalized spacial score (nSPS) is 13.2. The van der Waals surface area contributed by atoms with Crippen LogP contribution in [0.1, 0.15) is 19.8 Å². The zero-order chi connectivity index (χ0) is 12.9. The highest BCUT2D eigenvalue weighted by molar-refractivity contribution is 7.89. The summed E-state index contributed by atoms with van der Waals surface area (Å²) in [6, 6.07) is 7.58. The summed E-state index contributed by atoms with van der Waals surface area (Å²) in [6.07, 6.45) is 0.208. The monoisotopic (exact) mass is 257 g/mol. The van der Waals surface area contributed by atoms with E-state index in [0.717, 1.165) is 0 Å². The van der Waals surface area contributed by atoms with E-state index in [1.54, 1.807) is 25.1 Å². The van der Waals surface area contributed by atoms with E-state index >= 15 is 0 Å². The molecule has 6 heteroatoms. The van der Waals surface area contributed by atoms with Crippen molar-refractivity contribution in [3.05, 3.63) is 30.3 Å². The number of carboxylic acids is 1. The fourth-order valence-corrected chi connectivity index (χ4v) is 2.63. The highest BCUT2D eigenvalue weighted by Crippen LogP contribution is 2.09. The van der Waals surface area contributed by atoms with E-state index in [4.69, 9.17) is 5.11 Å². The molecule has 0 saturated heterocycles. The maximum atomic E-state index is 11.8. The number of carbonyl (C=O) groups is 1. The van der Waals surface area contributed by atoms with Crippen molar-refractivity contribution < 1.29 is 18.3 Å². The van der Waals surface area contributed by atoms with Gasteiger partial charge in [0.1, 0.15) is 0 Å². The van der Waals surface area contributed by atoms with E-state index in [2.05, 4.69) is 4.72 Å². The summed E-state index contributed by atoms with van der Waals surface area (Å²) in [7, 11) is -3.55. The second kappa shape index (κ2) is 5.79. The SMILES string of the molecule is CC(CCC(=O)O)NS(=O)(=O)c1ccccc1. The van der Waals surface area contributed by atoms with Crippen LogP contribution >= 0.6 is 0 Å². The number of nitrogens with one attached hydrogen (secondary N) is 1. The van der Waals surface area contributed by atoms with Crippen LogP contribution in [0.25, 0.3) is 0 Å². The number of hydrogen-bond donors (Lipinski definition) is 2. The standard InChI is InChI=1S/C11H15NO4S/c1-9(7-8-11(13)14)12-17(15,16)10-5-3-2-4-6-10/h2-6,9,12H,7-8H2,1H3,(H,13,14). The molecule has 0 radical (unpaired) electrons. The van der Waals surface area contributed by atoms with Crippen molar-refractivity contribution in [2.24, 2.45) is 0 Å². The molecule has 5 nitrogen and oxygen atoms in total. The second-order valence-corrected chi connectivity index (χ2v) is 5.48. The molecule has 0 heterocycles. The number of rotatable bonds is 6. The Morgan fingerprint density at radius 3 is 2.47 bits per heavy atom. The van der Waals surface area contributed by atoms with Crippen LogP contribution in [-0.2, 0) is 14.8 Å². The Hall–Kier alpha value is -1.40. The second-order valence-electron chi connectivity index (χ2n) is 3.77. The summed E-state index contributed by atoms with van der Waals surface area (Å²) in [5.41, 5.74) is 0. The Balaban J connectivity index is 2.64. The molecule has 1 rings (SSSR count). The first-order valence-electron chi connectivity index (χ1n) is 5.21. The van der Waals surface area contributed by atoms with Gasteiger partial charge in [0.15, 0.2) is 0 Å². The minimum absolute atomic E-state index is 0.0571. The molecule has 0 aliphatic carbocycles. The van der Waals surface area contributed by atoms with Gasteiger partial charge in [0, 0.05) is 12.5 Å². The van der Waals surface area contributed by atoms with Crippen molar-refractivity contribution in [1.29, 1.82) is 0 Å². The molecule has 0 aromatic heterocycles. The summed E-state index contributed by atoms with van der Waals surface area (Å²) in [4.78, 5) is 10.5. The molecule has 0 saturated carbocycles. The third-order valence-electron chi connectivity index (χ3n) is 2.20. The predicted molar refractivity (Wildman–Crippen MR) is 63.1 cm³/mol. The first-order valence-corrected chi connectivity index (χ1v) is 6.69. The van der Waals surface area contributed by atoms with Crippen molar-refractivity contribution in [1.82, 2.24) is 4.72 Å². The fourth-order valence-electron chi connectivity index (χ4n) is 1.33. The Morgan fingerprint density at radius 2 is 1.94 bits per heavy atom. The molecule has 17 heavy (non-hydrogen) atoms. The zero-order valence-electron chi connectivity index (χ0n) is 9.46. The minimum Gasteiger partial charge on any atom is -0.481 e. The van der Waals surface area contributed by atoms with E-state index in [9.17, 15) is 13.2 Å². The number of hydrogen-bond acceptors (Lipinski definition) is 3. The molecule has 1 aromatic rings. The number of carboxylic acid groups (broad SMARTS) is 1. The van der Waals surface area contributed by atoms with E-state index < -0.39 is 22.0 Å². The summed E-state index contributed by atoms with van der Waals surface area (Å²) in [5.74, 6) is -0.934. The Morgan fingerprint density at radius 1 is 1.35 bits per heavy atom. The Bertz CT molecular complexity index is 470. The predicted octanol–water partition coefficient (Wildman–Crippen LogP) is 1.22. The maximum Gasteiger partial charge on any atom is 0.303 e. The third-order valence-corrected chi connectivity index (χ3v) is 3.81. The highest BCUT2D eigenvalue weighted by atomic mass is 32.2. The van der Waals surface area contributed by atoms with Crippen molar-refractivity contribution in [3.8, 4) is 0 Å². The van der Waals surface area contributed by atoms with Crippen molar-refractivity contribution in [3.63, 3.8) is 0 Å². The molecular formula is C11H15NO4S. The van der Waals surface area contributed by atoms with Crippen molar-refractivity contribution in [2.75, 3.05) is 0 Å². The molecule has 1 unspecified atom stereocenters. The molecule has 94 valence electrons. The molecule has 0 bridgehead atoms. The van der Waals surface area contributed by atoms with E-state index in [1.165, 1.54) is 12.1 Å². The van der Waals surface area contributed by atoms with Crippen LogP contribution in [0.2, 0.25) is 0 Å². The molecule has 0 aliphatic heterocycles. The number of sulfonamides is 1. The zero-order valence-corrected chi connectivity index (χ0v) is 10.3. The molecule has 1 atom stereocenters. The lowest BCUT2D eigenvalue weighted by Crippen LogP contribution is -2.32. The van der Waals surface area contributed by atoms with Crippen LogP contribution in [0.3, 0.4) is 0 Å². The largest absolute Gasteiger partial charge is 0.481 e. The average molecular weight is 257 g/mol. The van der Waals surface area contributed by atoms with Gasteiger partial charge in [-0.05, 0) is 25.5 Å². The van der Waals surface area contributed by atoms with E-state index in [0.29, 0.717) is 0 Å². The third kappa shape index (κ3) is 4.54. The highest BCUT2D eigenvalue weighted by Gasteiger charge is 2.17. The van der Waals surface area contributed by atoms with Gasteiger partial charge < -0.3 is 5.11 Å². The lowest BCUT2D eigenvalue weighted by Gasteiger charge is -2.13. The van der Waals surface area contributed by atoms with Gasteiger partial charge >= 0.3 is 5.97 Å². The average Bonchev–Trinajstić information content (AvgIpc) is 2.27. The number of aliphatic carboxylic acids is 1. The van der Waals surface area contributed by atoms with Gasteiger partial charge in [-0.25, -0.2) is 13.1 Å². The van der Waals surface area contributed by atoms with Crippen LogP contribution in [0.15, 0.2) is 35.2 Å². The summed E-state index contributed by atoms with van der Waals surface area (Å²) >= 11 is 0. The maximum absolute atomic E-state index is 11.8. The molecule has 0 amide bonds. The summed E-state index contributed by atoms with van der Waals surface area (Å²) in [6.45, 7) is 1.64. The smallest absolute Gasteiger partial charge is 0.303 e. The summed E-state index contributed by atoms with van der Waals surface area (Å²) < 4.78 is 26.1. The van der Waals surface area contributed by atoms with Gasteiger partial charge in [0.25, 0.3) is 0 Å².